The maximum atomic E-state index is 13.0. The van der Waals surface area contributed by atoms with Gasteiger partial charge in [-0.15, -0.1) is 0 Å². The summed E-state index contributed by atoms with van der Waals surface area (Å²) >= 11 is 0. The number of nitrogens with zero attached hydrogens (tertiary/aromatic N) is 2. The zero-order valence-corrected chi connectivity index (χ0v) is 20.2. The lowest BCUT2D eigenvalue weighted by molar-refractivity contribution is -0.135. The molecule has 2 aromatic carbocycles. The van der Waals surface area contributed by atoms with Crippen LogP contribution in [0.2, 0.25) is 0 Å². The second-order valence-corrected chi connectivity index (χ2v) is 8.56. The molecule has 0 amide bonds. The standard InChI is InChI=1S/C26H30F3N5O2/c1-34(2)19-10-6-17(7-11-19)21-16-22(32-25(35)23(21)24(30)33-31)18-8-12-20(13-9-18)36-15-5-3-4-14-26(27,28)29/h6-13,16H,3-5,14-15,31H2,1-2H3,(H2,30,33)(H,32,35). The summed E-state index contributed by atoms with van der Waals surface area (Å²) in [4.78, 5) is 17.8. The number of pyridine rings is 1. The van der Waals surface area contributed by atoms with E-state index in [1.54, 1.807) is 24.3 Å². The number of hydrogen-bond acceptors (Lipinski definition) is 5. The highest BCUT2D eigenvalue weighted by Gasteiger charge is 2.25. The summed E-state index contributed by atoms with van der Waals surface area (Å²) in [7, 11) is 3.87. The van der Waals surface area contributed by atoms with Crippen LogP contribution in [-0.4, -0.2) is 37.7 Å². The molecule has 10 heteroatoms. The predicted octanol–water partition coefficient (Wildman–Crippen LogP) is 4.86. The van der Waals surface area contributed by atoms with Crippen molar-refractivity contribution in [1.82, 2.24) is 4.98 Å². The molecule has 3 rings (SSSR count). The molecule has 0 aliphatic heterocycles. The lowest BCUT2D eigenvalue weighted by atomic mass is 9.97. The largest absolute Gasteiger partial charge is 0.494 e. The Labute approximate surface area is 207 Å². The molecule has 36 heavy (non-hydrogen) atoms. The lowest BCUT2D eigenvalue weighted by Crippen LogP contribution is -2.27. The van der Waals surface area contributed by atoms with Gasteiger partial charge in [-0.25, -0.2) is 0 Å². The SMILES string of the molecule is CN(C)c1ccc(-c2cc(-c3ccc(OCCCCCC(F)(F)F)cc3)[nH]c(=O)c2/C(N)=N/N)cc1. The van der Waals surface area contributed by atoms with Crippen molar-refractivity contribution in [3.05, 3.63) is 70.5 Å². The van der Waals surface area contributed by atoms with Gasteiger partial charge in [-0.2, -0.15) is 18.3 Å². The maximum absolute atomic E-state index is 13.0. The molecule has 0 aliphatic carbocycles. The van der Waals surface area contributed by atoms with Gasteiger partial charge in [0.2, 0.25) is 0 Å². The minimum absolute atomic E-state index is 0.0755. The van der Waals surface area contributed by atoms with Gasteiger partial charge in [-0.3, -0.25) is 4.79 Å². The third kappa shape index (κ3) is 7.03. The average Bonchev–Trinajstić information content (AvgIpc) is 2.85. The molecule has 0 atom stereocenters. The van der Waals surface area contributed by atoms with E-state index in [0.717, 1.165) is 16.8 Å². The lowest BCUT2D eigenvalue weighted by Gasteiger charge is -2.15. The second kappa shape index (κ2) is 11.7. The number of unbranched alkanes of at least 4 members (excludes halogenated alkanes) is 2. The van der Waals surface area contributed by atoms with Gasteiger partial charge in [0.25, 0.3) is 5.56 Å². The molecular weight excluding hydrogens is 471 g/mol. The summed E-state index contributed by atoms with van der Waals surface area (Å²) in [5, 5.41) is 3.52. The van der Waals surface area contributed by atoms with Crippen molar-refractivity contribution >= 4 is 11.5 Å². The van der Waals surface area contributed by atoms with Crippen molar-refractivity contribution in [3.8, 4) is 28.1 Å². The van der Waals surface area contributed by atoms with Crippen LogP contribution >= 0.6 is 0 Å². The number of nitrogens with two attached hydrogens (primary N) is 2. The van der Waals surface area contributed by atoms with E-state index in [1.807, 2.05) is 49.3 Å². The van der Waals surface area contributed by atoms with Crippen LogP contribution in [0.3, 0.4) is 0 Å². The van der Waals surface area contributed by atoms with E-state index in [0.29, 0.717) is 36.5 Å². The molecule has 0 aliphatic rings. The Balaban J connectivity index is 1.79. The van der Waals surface area contributed by atoms with Crippen molar-refractivity contribution in [2.75, 3.05) is 25.6 Å². The van der Waals surface area contributed by atoms with Gasteiger partial charge in [-0.1, -0.05) is 12.1 Å². The van der Waals surface area contributed by atoms with Crippen molar-refractivity contribution in [3.63, 3.8) is 0 Å². The number of aromatic amines is 1. The van der Waals surface area contributed by atoms with E-state index in [9.17, 15) is 18.0 Å². The zero-order chi connectivity index (χ0) is 26.3. The maximum Gasteiger partial charge on any atom is 0.389 e. The van der Waals surface area contributed by atoms with Crippen LogP contribution < -0.4 is 26.8 Å². The van der Waals surface area contributed by atoms with Crippen LogP contribution in [0.4, 0.5) is 18.9 Å². The Hall–Kier alpha value is -3.95. The third-order valence-corrected chi connectivity index (χ3v) is 5.66. The topological polar surface area (TPSA) is 110 Å². The average molecular weight is 502 g/mol. The molecule has 1 aromatic heterocycles. The molecule has 7 nitrogen and oxygen atoms in total. The minimum atomic E-state index is -4.12. The third-order valence-electron chi connectivity index (χ3n) is 5.66. The smallest absolute Gasteiger partial charge is 0.389 e. The van der Waals surface area contributed by atoms with Gasteiger partial charge in [0.05, 0.1) is 12.2 Å². The number of halogens is 3. The van der Waals surface area contributed by atoms with Crippen molar-refractivity contribution in [2.45, 2.75) is 31.9 Å². The number of benzene rings is 2. The van der Waals surface area contributed by atoms with E-state index in [4.69, 9.17) is 16.3 Å². The number of hydrazone groups is 1. The van der Waals surface area contributed by atoms with Gasteiger partial charge in [-0.05, 0) is 72.9 Å². The number of amidine groups is 1. The molecule has 0 saturated carbocycles. The number of aromatic nitrogens is 1. The minimum Gasteiger partial charge on any atom is -0.494 e. The van der Waals surface area contributed by atoms with Crippen LogP contribution in [0.15, 0.2) is 64.5 Å². The summed E-state index contributed by atoms with van der Waals surface area (Å²) in [5.74, 6) is 5.89. The fourth-order valence-electron chi connectivity index (χ4n) is 3.73. The molecule has 1 heterocycles. The Kier molecular flexibility index (Phi) is 8.63. The van der Waals surface area contributed by atoms with Crippen molar-refractivity contribution < 1.29 is 17.9 Å². The van der Waals surface area contributed by atoms with Crippen LogP contribution in [0, 0.1) is 0 Å². The summed E-state index contributed by atoms with van der Waals surface area (Å²) < 4.78 is 42.3. The van der Waals surface area contributed by atoms with Gasteiger partial charge >= 0.3 is 6.18 Å². The van der Waals surface area contributed by atoms with E-state index < -0.39 is 18.2 Å². The highest BCUT2D eigenvalue weighted by Crippen LogP contribution is 2.29. The van der Waals surface area contributed by atoms with Crippen LogP contribution in [0.25, 0.3) is 22.4 Å². The van der Waals surface area contributed by atoms with Gasteiger partial charge in [0.15, 0.2) is 5.84 Å². The first-order chi connectivity index (χ1) is 17.1. The molecule has 0 bridgehead atoms. The fourth-order valence-corrected chi connectivity index (χ4v) is 3.73. The predicted molar refractivity (Wildman–Crippen MR) is 137 cm³/mol. The van der Waals surface area contributed by atoms with E-state index in [1.165, 1.54) is 0 Å². The van der Waals surface area contributed by atoms with Crippen LogP contribution in [-0.2, 0) is 0 Å². The number of ether oxygens (including phenoxy) is 1. The highest BCUT2D eigenvalue weighted by atomic mass is 19.4. The molecule has 5 N–H and O–H groups in total. The summed E-state index contributed by atoms with van der Waals surface area (Å²) in [6.07, 6.45) is -3.82. The van der Waals surface area contributed by atoms with Crippen molar-refractivity contribution in [1.29, 1.82) is 0 Å². The molecule has 0 spiro atoms. The number of alkyl halides is 3. The number of hydrogen-bond donors (Lipinski definition) is 3. The second-order valence-electron chi connectivity index (χ2n) is 8.56. The highest BCUT2D eigenvalue weighted by molar-refractivity contribution is 6.03. The van der Waals surface area contributed by atoms with Crippen molar-refractivity contribution in [2.24, 2.45) is 16.7 Å². The molecule has 0 radical (unpaired) electrons. The van der Waals surface area contributed by atoms with Gasteiger partial charge < -0.3 is 26.2 Å². The number of anilines is 1. The first-order valence-corrected chi connectivity index (χ1v) is 11.5. The molecule has 0 fully saturated rings. The summed E-state index contributed by atoms with van der Waals surface area (Å²) in [6.45, 7) is 0.327. The molecular formula is C26H30F3N5O2. The quantitative estimate of drug-likeness (QED) is 0.121. The molecule has 192 valence electrons. The first-order valence-electron chi connectivity index (χ1n) is 11.5. The number of H-pyrrole nitrogens is 1. The zero-order valence-electron chi connectivity index (χ0n) is 20.2. The Morgan fingerprint density at radius 3 is 2.22 bits per heavy atom. The summed E-state index contributed by atoms with van der Waals surface area (Å²) in [5.41, 5.74) is 9.38. The number of nitrogens with one attached hydrogen (secondary N) is 1. The fraction of sp³-hybridized carbons (Fsp3) is 0.308. The van der Waals surface area contributed by atoms with Crippen LogP contribution in [0.1, 0.15) is 31.2 Å². The Morgan fingerprint density at radius 1 is 1.00 bits per heavy atom. The molecule has 0 saturated heterocycles. The molecule has 0 unspecified atom stereocenters. The molecule has 3 aromatic rings. The first kappa shape index (κ1) is 26.7. The van der Waals surface area contributed by atoms with Gasteiger partial charge in [0, 0.05) is 37.5 Å². The Morgan fingerprint density at radius 2 is 1.64 bits per heavy atom. The van der Waals surface area contributed by atoms with E-state index >= 15 is 0 Å². The van der Waals surface area contributed by atoms with Gasteiger partial charge in [0.1, 0.15) is 5.75 Å². The number of rotatable bonds is 10. The van der Waals surface area contributed by atoms with E-state index in [-0.39, 0.29) is 17.8 Å². The van der Waals surface area contributed by atoms with Crippen LogP contribution in [0.5, 0.6) is 5.75 Å². The monoisotopic (exact) mass is 501 g/mol. The van der Waals surface area contributed by atoms with E-state index in [2.05, 4.69) is 10.1 Å². The normalized spacial score (nSPS) is 12.0. The summed E-state index contributed by atoms with van der Waals surface area (Å²) in [6, 6.07) is 16.6. The Bertz CT molecular complexity index is 1230.